The Labute approximate surface area is 128 Å². The first-order valence-electron chi connectivity index (χ1n) is 8.52. The average molecular weight is 294 g/mol. The van der Waals surface area contributed by atoms with Gasteiger partial charge in [-0.2, -0.15) is 0 Å². The van der Waals surface area contributed by atoms with Crippen molar-refractivity contribution in [1.29, 1.82) is 0 Å². The van der Waals surface area contributed by atoms with Crippen molar-refractivity contribution in [2.45, 2.75) is 84.3 Å². The summed E-state index contributed by atoms with van der Waals surface area (Å²) in [5, 5.41) is 2.91. The number of amides is 2. The lowest BCUT2D eigenvalue weighted by atomic mass is 9.95. The maximum atomic E-state index is 12.8. The van der Waals surface area contributed by atoms with Crippen LogP contribution in [0.2, 0.25) is 0 Å². The van der Waals surface area contributed by atoms with Crippen LogP contribution < -0.4 is 5.32 Å². The van der Waals surface area contributed by atoms with Gasteiger partial charge in [-0.05, 0) is 44.4 Å². The average Bonchev–Trinajstić information content (AvgIpc) is 2.61. The molecule has 1 heterocycles. The first kappa shape index (κ1) is 16.3. The van der Waals surface area contributed by atoms with E-state index in [2.05, 4.69) is 26.1 Å². The van der Waals surface area contributed by atoms with E-state index in [1.54, 1.807) is 0 Å². The van der Waals surface area contributed by atoms with Crippen molar-refractivity contribution in [3.8, 4) is 0 Å². The fourth-order valence-corrected chi connectivity index (χ4v) is 3.72. The van der Waals surface area contributed by atoms with Crippen LogP contribution in [0.4, 0.5) is 0 Å². The number of rotatable bonds is 3. The summed E-state index contributed by atoms with van der Waals surface area (Å²) in [5.41, 5.74) is 0. The van der Waals surface area contributed by atoms with Crippen molar-refractivity contribution >= 4 is 11.8 Å². The summed E-state index contributed by atoms with van der Waals surface area (Å²) in [4.78, 5) is 27.0. The lowest BCUT2D eigenvalue weighted by Crippen LogP contribution is -2.65. The zero-order chi connectivity index (χ0) is 15.6. The molecule has 4 nitrogen and oxygen atoms in total. The van der Waals surface area contributed by atoms with Crippen LogP contribution in [0.5, 0.6) is 0 Å². The molecule has 2 aliphatic rings. The van der Waals surface area contributed by atoms with E-state index < -0.39 is 0 Å². The Morgan fingerprint density at radius 2 is 1.86 bits per heavy atom. The smallest absolute Gasteiger partial charge is 0.246 e. The molecule has 1 saturated heterocycles. The third-order valence-corrected chi connectivity index (χ3v) is 4.99. The van der Waals surface area contributed by atoms with Gasteiger partial charge in [-0.3, -0.25) is 9.59 Å². The van der Waals surface area contributed by atoms with Crippen molar-refractivity contribution < 1.29 is 9.59 Å². The number of nitrogens with one attached hydrogen (secondary N) is 1. The highest BCUT2D eigenvalue weighted by Gasteiger charge is 2.41. The van der Waals surface area contributed by atoms with Crippen LogP contribution in [-0.4, -0.2) is 34.8 Å². The number of hydrogen-bond acceptors (Lipinski definition) is 2. The summed E-state index contributed by atoms with van der Waals surface area (Å²) < 4.78 is 0. The monoisotopic (exact) mass is 294 g/mol. The number of carbonyl (C=O) groups is 2. The third kappa shape index (κ3) is 3.78. The van der Waals surface area contributed by atoms with Crippen LogP contribution in [0.15, 0.2) is 0 Å². The van der Waals surface area contributed by atoms with Crippen molar-refractivity contribution in [2.75, 3.05) is 0 Å². The highest BCUT2D eigenvalue weighted by atomic mass is 16.2. The molecule has 2 fully saturated rings. The Morgan fingerprint density at radius 1 is 1.14 bits per heavy atom. The van der Waals surface area contributed by atoms with Crippen LogP contribution in [0.25, 0.3) is 0 Å². The molecule has 1 N–H and O–H groups in total. The predicted molar refractivity (Wildman–Crippen MR) is 83.7 cm³/mol. The van der Waals surface area contributed by atoms with Gasteiger partial charge in [0.25, 0.3) is 0 Å². The molecule has 2 rings (SSSR count). The Kier molecular flexibility index (Phi) is 5.28. The van der Waals surface area contributed by atoms with E-state index in [1.165, 1.54) is 12.8 Å². The summed E-state index contributed by atoms with van der Waals surface area (Å²) >= 11 is 0. The molecule has 0 aromatic rings. The second kappa shape index (κ2) is 6.80. The summed E-state index contributed by atoms with van der Waals surface area (Å²) in [6.45, 7) is 8.34. The first-order chi connectivity index (χ1) is 9.90. The Hall–Kier alpha value is -1.06. The maximum Gasteiger partial charge on any atom is 0.246 e. The molecular weight excluding hydrogens is 264 g/mol. The topological polar surface area (TPSA) is 49.4 Å². The van der Waals surface area contributed by atoms with E-state index in [9.17, 15) is 9.59 Å². The molecular formula is C17H30N2O2. The third-order valence-electron chi connectivity index (χ3n) is 4.99. The number of piperazine rings is 1. The standard InChI is InChI=1S/C17H30N2O2/c1-11(2)10-15-17(21)19(13(4)16(20)18-15)14-7-5-6-12(3)8-9-14/h11-15H,5-10H2,1-4H3,(H,18,20). The van der Waals surface area contributed by atoms with Gasteiger partial charge in [-0.25, -0.2) is 0 Å². The summed E-state index contributed by atoms with van der Waals surface area (Å²) in [6.07, 6.45) is 6.39. The molecule has 0 radical (unpaired) electrons. The van der Waals surface area contributed by atoms with E-state index >= 15 is 0 Å². The fraction of sp³-hybridized carbons (Fsp3) is 0.882. The van der Waals surface area contributed by atoms with Gasteiger partial charge in [0, 0.05) is 6.04 Å². The van der Waals surface area contributed by atoms with E-state index in [0.29, 0.717) is 5.92 Å². The Bertz CT molecular complexity index is 394. The second-order valence-electron chi connectivity index (χ2n) is 7.38. The minimum Gasteiger partial charge on any atom is -0.343 e. The molecule has 0 spiro atoms. The normalized spacial score (nSPS) is 34.8. The van der Waals surface area contributed by atoms with Crippen molar-refractivity contribution in [1.82, 2.24) is 10.2 Å². The van der Waals surface area contributed by atoms with Gasteiger partial charge in [0.1, 0.15) is 12.1 Å². The minimum absolute atomic E-state index is 0.0116. The van der Waals surface area contributed by atoms with E-state index in [0.717, 1.165) is 31.6 Å². The summed E-state index contributed by atoms with van der Waals surface area (Å²) in [6, 6.07) is -0.396. The van der Waals surface area contributed by atoms with Crippen molar-refractivity contribution in [2.24, 2.45) is 11.8 Å². The molecule has 1 aliphatic heterocycles. The van der Waals surface area contributed by atoms with Crippen LogP contribution in [0.1, 0.15) is 66.2 Å². The fourth-order valence-electron chi connectivity index (χ4n) is 3.72. The first-order valence-corrected chi connectivity index (χ1v) is 8.52. The SMILES string of the molecule is CC(C)CC1NC(=O)C(C)N(C2CCCC(C)CC2)C1=O. The molecule has 21 heavy (non-hydrogen) atoms. The zero-order valence-corrected chi connectivity index (χ0v) is 13.9. The highest BCUT2D eigenvalue weighted by Crippen LogP contribution is 2.29. The van der Waals surface area contributed by atoms with Crippen molar-refractivity contribution in [3.05, 3.63) is 0 Å². The molecule has 4 heteroatoms. The molecule has 1 aliphatic carbocycles. The Balaban J connectivity index is 2.14. The van der Waals surface area contributed by atoms with Gasteiger partial charge in [0.2, 0.25) is 11.8 Å². The zero-order valence-electron chi connectivity index (χ0n) is 13.9. The van der Waals surface area contributed by atoms with Crippen LogP contribution in [0, 0.1) is 11.8 Å². The predicted octanol–water partition coefficient (Wildman–Crippen LogP) is 2.72. The molecule has 0 bridgehead atoms. The largest absolute Gasteiger partial charge is 0.343 e. The van der Waals surface area contributed by atoms with Gasteiger partial charge in [-0.15, -0.1) is 0 Å². The molecule has 4 atom stereocenters. The molecule has 0 aromatic carbocycles. The van der Waals surface area contributed by atoms with Crippen LogP contribution in [0.3, 0.4) is 0 Å². The van der Waals surface area contributed by atoms with Crippen molar-refractivity contribution in [3.63, 3.8) is 0 Å². The highest BCUT2D eigenvalue weighted by molar-refractivity contribution is 5.96. The van der Waals surface area contributed by atoms with E-state index in [-0.39, 0.29) is 29.9 Å². The number of carbonyl (C=O) groups excluding carboxylic acids is 2. The number of nitrogens with zero attached hydrogens (tertiary/aromatic N) is 1. The maximum absolute atomic E-state index is 12.8. The molecule has 4 unspecified atom stereocenters. The van der Waals surface area contributed by atoms with Gasteiger partial charge in [0.15, 0.2) is 0 Å². The lowest BCUT2D eigenvalue weighted by molar-refractivity contribution is -0.152. The van der Waals surface area contributed by atoms with Crippen LogP contribution >= 0.6 is 0 Å². The molecule has 1 saturated carbocycles. The van der Waals surface area contributed by atoms with E-state index in [4.69, 9.17) is 0 Å². The van der Waals surface area contributed by atoms with Gasteiger partial charge < -0.3 is 10.2 Å². The quantitative estimate of drug-likeness (QED) is 0.814. The Morgan fingerprint density at radius 3 is 2.52 bits per heavy atom. The lowest BCUT2D eigenvalue weighted by Gasteiger charge is -2.42. The second-order valence-corrected chi connectivity index (χ2v) is 7.38. The van der Waals surface area contributed by atoms with Gasteiger partial charge >= 0.3 is 0 Å². The van der Waals surface area contributed by atoms with Gasteiger partial charge in [-0.1, -0.05) is 33.6 Å². The molecule has 2 amide bonds. The summed E-state index contributed by atoms with van der Waals surface area (Å²) in [5.74, 6) is 1.29. The van der Waals surface area contributed by atoms with E-state index in [1.807, 2.05) is 11.8 Å². The van der Waals surface area contributed by atoms with Crippen LogP contribution in [-0.2, 0) is 9.59 Å². The van der Waals surface area contributed by atoms with Gasteiger partial charge in [0.05, 0.1) is 0 Å². The number of hydrogen-bond donors (Lipinski definition) is 1. The molecule has 120 valence electrons. The minimum atomic E-state index is -0.325. The summed E-state index contributed by atoms with van der Waals surface area (Å²) in [7, 11) is 0. The molecule has 0 aromatic heterocycles.